The van der Waals surface area contributed by atoms with Gasteiger partial charge in [-0.3, -0.25) is 0 Å². The van der Waals surface area contributed by atoms with E-state index in [4.69, 9.17) is 4.42 Å². The lowest BCUT2D eigenvalue weighted by Gasteiger charge is -2.31. The Kier molecular flexibility index (Phi) is 4.64. The van der Waals surface area contributed by atoms with E-state index >= 15 is 0 Å². The van der Waals surface area contributed by atoms with Gasteiger partial charge in [0.25, 0.3) is 6.01 Å². The van der Waals surface area contributed by atoms with Crippen molar-refractivity contribution in [1.82, 2.24) is 24.5 Å². The highest BCUT2D eigenvalue weighted by Crippen LogP contribution is 2.32. The Morgan fingerprint density at radius 2 is 1.91 bits per heavy atom. The van der Waals surface area contributed by atoms with E-state index in [-0.39, 0.29) is 5.52 Å². The molecule has 1 aliphatic heterocycles. The third-order valence-corrected chi connectivity index (χ3v) is 6.60. The summed E-state index contributed by atoms with van der Waals surface area (Å²) in [4.78, 5) is 11.4. The molecule has 0 radical (unpaired) electrons. The summed E-state index contributed by atoms with van der Waals surface area (Å²) in [6.07, 6.45) is 6.74. The topological polar surface area (TPSA) is 71.5 Å². The van der Waals surface area contributed by atoms with Crippen molar-refractivity contribution in [1.29, 1.82) is 0 Å². The highest BCUT2D eigenvalue weighted by Gasteiger charge is 2.27. The number of halogens is 1. The molecular formula is C24H27FN6O. The van der Waals surface area contributed by atoms with Gasteiger partial charge in [0.15, 0.2) is 17.0 Å². The molecule has 6 rings (SSSR count). The fraction of sp³-hybridized carbons (Fsp3) is 0.458. The third-order valence-electron chi connectivity index (χ3n) is 6.60. The molecule has 0 spiro atoms. The van der Waals surface area contributed by atoms with Gasteiger partial charge in [0.05, 0.1) is 17.6 Å². The van der Waals surface area contributed by atoms with E-state index in [1.165, 1.54) is 25.5 Å². The summed E-state index contributed by atoms with van der Waals surface area (Å²) in [5.74, 6) is 0.514. The number of rotatable bonds is 5. The van der Waals surface area contributed by atoms with E-state index < -0.39 is 5.82 Å². The van der Waals surface area contributed by atoms with Gasteiger partial charge in [-0.2, -0.15) is 10.1 Å². The van der Waals surface area contributed by atoms with Crippen molar-refractivity contribution in [2.75, 3.05) is 25.0 Å². The molecule has 2 aliphatic rings. The number of likely N-dealkylation sites (tertiary alicyclic amines) is 1. The molecule has 1 N–H and O–H groups in total. The van der Waals surface area contributed by atoms with E-state index in [0.29, 0.717) is 28.9 Å². The first-order valence-electron chi connectivity index (χ1n) is 11.4. The normalized spacial score (nSPS) is 18.1. The van der Waals surface area contributed by atoms with Crippen molar-refractivity contribution in [2.24, 2.45) is 5.92 Å². The highest BCUT2D eigenvalue weighted by molar-refractivity contribution is 5.81. The van der Waals surface area contributed by atoms with E-state index in [0.717, 1.165) is 48.8 Å². The molecule has 1 saturated carbocycles. The molecule has 166 valence electrons. The molecule has 7 nitrogen and oxygen atoms in total. The number of piperidine rings is 1. The predicted octanol–water partition coefficient (Wildman–Crippen LogP) is 4.58. The van der Waals surface area contributed by atoms with Crippen molar-refractivity contribution in [3.05, 3.63) is 41.5 Å². The first kappa shape index (κ1) is 19.7. The van der Waals surface area contributed by atoms with Gasteiger partial charge < -0.3 is 14.6 Å². The number of hydrogen-bond donors (Lipinski definition) is 1. The Labute approximate surface area is 185 Å². The molecule has 0 atom stereocenters. The van der Waals surface area contributed by atoms with E-state index in [9.17, 15) is 4.39 Å². The van der Waals surface area contributed by atoms with E-state index in [1.54, 1.807) is 4.52 Å². The second-order valence-corrected chi connectivity index (χ2v) is 9.35. The quantitative estimate of drug-likeness (QED) is 0.496. The smallest absolute Gasteiger partial charge is 0.296 e. The Morgan fingerprint density at radius 3 is 2.69 bits per heavy atom. The standard InChI is InChI=1S/C24H27FN6O/c1-14-9-20(29-31-12-15(2)26-23(14)31)17-10-19(25)22-21(11-17)32-24(28-22)27-18-5-7-30(8-6-18)13-16-3-4-16/h9-12,16,18H,3-8,13H2,1-2H3,(H,27,28). The molecule has 0 bridgehead atoms. The zero-order chi connectivity index (χ0) is 21.8. The van der Waals surface area contributed by atoms with Crippen molar-refractivity contribution >= 4 is 22.8 Å². The lowest BCUT2D eigenvalue weighted by Crippen LogP contribution is -2.40. The van der Waals surface area contributed by atoms with Gasteiger partial charge >= 0.3 is 0 Å². The van der Waals surface area contributed by atoms with Crippen LogP contribution in [0.25, 0.3) is 28.0 Å². The molecule has 32 heavy (non-hydrogen) atoms. The molecule has 1 aliphatic carbocycles. The van der Waals surface area contributed by atoms with Gasteiger partial charge in [0, 0.05) is 31.2 Å². The number of fused-ring (bicyclic) bond motifs is 2. The fourth-order valence-corrected chi connectivity index (χ4v) is 4.68. The van der Waals surface area contributed by atoms with Gasteiger partial charge in [-0.05, 0) is 69.2 Å². The van der Waals surface area contributed by atoms with Crippen molar-refractivity contribution in [3.63, 3.8) is 0 Å². The Morgan fingerprint density at radius 1 is 1.09 bits per heavy atom. The van der Waals surface area contributed by atoms with Crippen LogP contribution in [0.15, 0.2) is 28.8 Å². The van der Waals surface area contributed by atoms with Crippen molar-refractivity contribution < 1.29 is 8.81 Å². The van der Waals surface area contributed by atoms with E-state index in [1.807, 2.05) is 32.2 Å². The molecule has 3 aromatic heterocycles. The third kappa shape index (κ3) is 3.72. The first-order chi connectivity index (χ1) is 15.5. The number of aryl methyl sites for hydroxylation is 2. The first-order valence-corrected chi connectivity index (χ1v) is 11.4. The number of anilines is 1. The second kappa shape index (κ2) is 7.55. The Hall–Kier alpha value is -3.00. The monoisotopic (exact) mass is 434 g/mol. The SMILES string of the molecule is Cc1cn2nc(-c3cc(F)c4nc(NC5CCN(CC6CC6)CC5)oc4c3)cc(C)c2n1. The Balaban J connectivity index is 1.24. The maximum atomic E-state index is 14.9. The summed E-state index contributed by atoms with van der Waals surface area (Å²) in [7, 11) is 0. The number of aromatic nitrogens is 4. The van der Waals surface area contributed by atoms with Gasteiger partial charge in [0.1, 0.15) is 5.52 Å². The minimum absolute atomic E-state index is 0.249. The molecule has 1 saturated heterocycles. The molecule has 8 heteroatoms. The number of nitrogens with zero attached hydrogens (tertiary/aromatic N) is 5. The van der Waals surface area contributed by atoms with Crippen LogP contribution in [0.1, 0.15) is 36.9 Å². The van der Waals surface area contributed by atoms with Crippen LogP contribution < -0.4 is 5.32 Å². The van der Waals surface area contributed by atoms with E-state index in [2.05, 4.69) is 25.3 Å². The number of oxazole rings is 1. The Bertz CT molecular complexity index is 1300. The summed E-state index contributed by atoms with van der Waals surface area (Å²) in [6.45, 7) is 7.33. The van der Waals surface area contributed by atoms with Crippen molar-refractivity contribution in [3.8, 4) is 11.3 Å². The lowest BCUT2D eigenvalue weighted by molar-refractivity contribution is 0.210. The molecule has 0 unspecified atom stereocenters. The van der Waals surface area contributed by atoms with Crippen LogP contribution in [0.5, 0.6) is 0 Å². The van der Waals surface area contributed by atoms with Crippen LogP contribution in [-0.2, 0) is 0 Å². The average Bonchev–Trinajstić information content (AvgIpc) is 3.34. The van der Waals surface area contributed by atoms with Crippen LogP contribution in [0, 0.1) is 25.6 Å². The molecule has 4 aromatic rings. The summed E-state index contributed by atoms with van der Waals surface area (Å²) in [5.41, 5.74) is 4.68. The highest BCUT2D eigenvalue weighted by atomic mass is 19.1. The van der Waals surface area contributed by atoms with Crippen LogP contribution in [-0.4, -0.2) is 50.2 Å². The predicted molar refractivity (Wildman–Crippen MR) is 121 cm³/mol. The lowest BCUT2D eigenvalue weighted by atomic mass is 10.1. The molecule has 1 aromatic carbocycles. The van der Waals surface area contributed by atoms with Gasteiger partial charge in [0.2, 0.25) is 0 Å². The largest absolute Gasteiger partial charge is 0.423 e. The number of imidazole rings is 1. The van der Waals surface area contributed by atoms with Crippen LogP contribution in [0.2, 0.25) is 0 Å². The number of nitrogens with one attached hydrogen (secondary N) is 1. The molecule has 4 heterocycles. The second-order valence-electron chi connectivity index (χ2n) is 9.35. The van der Waals surface area contributed by atoms with Crippen LogP contribution in [0.4, 0.5) is 10.4 Å². The number of benzene rings is 1. The molecular weight excluding hydrogens is 407 g/mol. The molecule has 2 fully saturated rings. The maximum absolute atomic E-state index is 14.9. The summed E-state index contributed by atoms with van der Waals surface area (Å²) in [6, 6.07) is 5.90. The fourth-order valence-electron chi connectivity index (χ4n) is 4.68. The van der Waals surface area contributed by atoms with Gasteiger partial charge in [-0.25, -0.2) is 13.9 Å². The summed E-state index contributed by atoms with van der Waals surface area (Å²) < 4.78 is 22.6. The molecule has 0 amide bonds. The zero-order valence-corrected chi connectivity index (χ0v) is 18.4. The summed E-state index contributed by atoms with van der Waals surface area (Å²) in [5, 5.41) is 8.00. The average molecular weight is 435 g/mol. The van der Waals surface area contributed by atoms with Gasteiger partial charge in [-0.15, -0.1) is 0 Å². The minimum atomic E-state index is -0.407. The summed E-state index contributed by atoms with van der Waals surface area (Å²) >= 11 is 0. The zero-order valence-electron chi connectivity index (χ0n) is 18.4. The minimum Gasteiger partial charge on any atom is -0.423 e. The van der Waals surface area contributed by atoms with Crippen molar-refractivity contribution in [2.45, 2.75) is 45.6 Å². The van der Waals surface area contributed by atoms with Crippen LogP contribution >= 0.6 is 0 Å². The number of hydrogen-bond acceptors (Lipinski definition) is 6. The maximum Gasteiger partial charge on any atom is 0.296 e. The van der Waals surface area contributed by atoms with Gasteiger partial charge in [-0.1, -0.05) is 0 Å². The van der Waals surface area contributed by atoms with Crippen LogP contribution in [0.3, 0.4) is 0 Å².